The van der Waals surface area contributed by atoms with Crippen molar-refractivity contribution in [1.82, 2.24) is 14.9 Å². The quantitative estimate of drug-likeness (QED) is 0.631. The van der Waals surface area contributed by atoms with Gasteiger partial charge in [0.2, 0.25) is 0 Å². The fourth-order valence-corrected chi connectivity index (χ4v) is 3.62. The van der Waals surface area contributed by atoms with E-state index in [1.54, 1.807) is 0 Å². The molecule has 0 amide bonds. The molecule has 2 aromatic carbocycles. The highest BCUT2D eigenvalue weighted by atomic mass is 32.1. The molecule has 4 rings (SSSR count). The molecule has 0 radical (unpaired) electrons. The zero-order chi connectivity index (χ0) is 18.1. The summed E-state index contributed by atoms with van der Waals surface area (Å²) in [6.07, 6.45) is 1.09. The summed E-state index contributed by atoms with van der Waals surface area (Å²) in [5.74, 6) is 1.22. The minimum atomic E-state index is 0.505. The van der Waals surface area contributed by atoms with Gasteiger partial charge >= 0.3 is 0 Å². The Hall–Kier alpha value is -2.53. The molecule has 1 saturated heterocycles. The number of ether oxygens (including phenoxy) is 1. The van der Waals surface area contributed by atoms with E-state index in [4.69, 9.17) is 17.0 Å². The molecule has 0 spiro atoms. The van der Waals surface area contributed by atoms with E-state index in [-0.39, 0.29) is 0 Å². The smallest absolute Gasteiger partial charge is 0.264 e. The summed E-state index contributed by atoms with van der Waals surface area (Å²) < 4.78 is 5.95. The van der Waals surface area contributed by atoms with Crippen molar-refractivity contribution in [2.24, 2.45) is 0 Å². The van der Waals surface area contributed by atoms with Crippen LogP contribution in [0.25, 0.3) is 11.0 Å². The minimum absolute atomic E-state index is 0.505. The van der Waals surface area contributed by atoms with E-state index >= 15 is 0 Å². The molecule has 0 bridgehead atoms. The van der Waals surface area contributed by atoms with Gasteiger partial charge in [-0.15, -0.1) is 0 Å². The molecule has 0 unspecified atom stereocenters. The molecule has 2 heterocycles. The predicted molar refractivity (Wildman–Crippen MR) is 108 cm³/mol. The summed E-state index contributed by atoms with van der Waals surface area (Å²) >= 11 is 5.54. The molecule has 1 aromatic heterocycles. The Bertz CT molecular complexity index is 958. The molecule has 1 aliphatic heterocycles. The normalized spacial score (nSPS) is 16.8. The Morgan fingerprint density at radius 2 is 1.77 bits per heavy atom. The number of hydrogen-bond donors (Lipinski definition) is 0. The number of rotatable bonds is 2. The third-order valence-corrected chi connectivity index (χ3v) is 5.31. The van der Waals surface area contributed by atoms with Gasteiger partial charge in [-0.2, -0.15) is 0 Å². The van der Waals surface area contributed by atoms with Crippen molar-refractivity contribution >= 4 is 28.4 Å². The Morgan fingerprint density at radius 1 is 1.04 bits per heavy atom. The molecule has 132 valence electrons. The molecule has 0 N–H and O–H groups in total. The van der Waals surface area contributed by atoms with Crippen molar-refractivity contribution in [3.63, 3.8) is 0 Å². The van der Waals surface area contributed by atoms with Crippen LogP contribution in [-0.2, 0) is 0 Å². The first kappa shape index (κ1) is 16.9. The van der Waals surface area contributed by atoms with Crippen LogP contribution in [0.2, 0.25) is 0 Å². The van der Waals surface area contributed by atoms with Gasteiger partial charge in [0.05, 0.1) is 22.4 Å². The van der Waals surface area contributed by atoms with Crippen LogP contribution in [0.1, 0.15) is 29.3 Å². The molecule has 0 saturated carbocycles. The third-order valence-electron chi connectivity index (χ3n) is 4.97. The van der Waals surface area contributed by atoms with Crippen molar-refractivity contribution in [3.8, 4) is 5.75 Å². The maximum atomic E-state index is 5.95. The second-order valence-electron chi connectivity index (χ2n) is 6.76. The topological polar surface area (TPSA) is 38.2 Å². The lowest BCUT2D eigenvalue weighted by molar-refractivity contribution is 0.403. The molecule has 1 fully saturated rings. The number of aromatic nitrogens is 2. The first-order chi connectivity index (χ1) is 12.6. The van der Waals surface area contributed by atoms with Crippen LogP contribution in [-0.4, -0.2) is 33.1 Å². The zero-order valence-corrected chi connectivity index (χ0v) is 15.8. The van der Waals surface area contributed by atoms with E-state index in [1.165, 1.54) is 5.56 Å². The third kappa shape index (κ3) is 3.40. The second kappa shape index (κ2) is 7.00. The lowest BCUT2D eigenvalue weighted by Crippen LogP contribution is -2.31. The first-order valence-corrected chi connectivity index (χ1v) is 9.27. The summed E-state index contributed by atoms with van der Waals surface area (Å²) in [6.45, 7) is 5.75. The fourth-order valence-electron chi connectivity index (χ4n) is 3.36. The van der Waals surface area contributed by atoms with Gasteiger partial charge in [0.1, 0.15) is 5.75 Å². The summed E-state index contributed by atoms with van der Waals surface area (Å²) in [4.78, 5) is 11.3. The Kier molecular flexibility index (Phi) is 4.55. The lowest BCUT2D eigenvalue weighted by atomic mass is 9.99. The van der Waals surface area contributed by atoms with E-state index < -0.39 is 0 Å². The van der Waals surface area contributed by atoms with Crippen LogP contribution in [0.3, 0.4) is 0 Å². The van der Waals surface area contributed by atoms with Crippen molar-refractivity contribution in [1.29, 1.82) is 0 Å². The summed E-state index contributed by atoms with van der Waals surface area (Å²) in [7, 11) is 0. The Balaban J connectivity index is 1.46. The van der Waals surface area contributed by atoms with Gasteiger partial charge < -0.3 is 9.64 Å². The predicted octanol–water partition coefficient (Wildman–Crippen LogP) is 4.40. The average Bonchev–Trinajstić information content (AvgIpc) is 3.14. The highest BCUT2D eigenvalue weighted by Gasteiger charge is 2.26. The number of nitrogens with zero attached hydrogens (tertiary/aromatic N) is 3. The van der Waals surface area contributed by atoms with Gasteiger partial charge in [0, 0.05) is 25.1 Å². The number of hydrogen-bond acceptors (Lipinski definition) is 4. The molecular weight excluding hydrogens is 342 g/mol. The minimum Gasteiger partial charge on any atom is -0.432 e. The van der Waals surface area contributed by atoms with E-state index in [1.807, 2.05) is 32.0 Å². The summed E-state index contributed by atoms with van der Waals surface area (Å²) in [5, 5.41) is 0.527. The van der Waals surface area contributed by atoms with Crippen molar-refractivity contribution in [2.75, 3.05) is 13.1 Å². The van der Waals surface area contributed by atoms with E-state index in [0.29, 0.717) is 16.8 Å². The SMILES string of the molecule is Cc1nc2ccc(OC(=S)N3CC[C@@H](c4ccccc4)C3)cc2nc1C. The van der Waals surface area contributed by atoms with Gasteiger partial charge in [-0.05, 0) is 50.2 Å². The molecule has 0 aliphatic carbocycles. The van der Waals surface area contributed by atoms with Gasteiger partial charge in [0.25, 0.3) is 5.17 Å². The lowest BCUT2D eigenvalue weighted by Gasteiger charge is -2.19. The van der Waals surface area contributed by atoms with E-state index in [0.717, 1.165) is 41.9 Å². The largest absolute Gasteiger partial charge is 0.432 e. The second-order valence-corrected chi connectivity index (χ2v) is 7.10. The number of fused-ring (bicyclic) bond motifs is 1. The maximum absolute atomic E-state index is 5.95. The van der Waals surface area contributed by atoms with Crippen LogP contribution in [0.5, 0.6) is 5.75 Å². The number of likely N-dealkylation sites (tertiary alicyclic amines) is 1. The van der Waals surface area contributed by atoms with Crippen molar-refractivity contribution < 1.29 is 4.74 Å². The Morgan fingerprint density at radius 3 is 2.54 bits per heavy atom. The molecule has 1 aliphatic rings. The van der Waals surface area contributed by atoms with Crippen LogP contribution in [0, 0.1) is 13.8 Å². The van der Waals surface area contributed by atoms with Gasteiger partial charge in [-0.25, -0.2) is 9.97 Å². The van der Waals surface area contributed by atoms with E-state index in [2.05, 4.69) is 45.2 Å². The molecule has 3 aromatic rings. The maximum Gasteiger partial charge on any atom is 0.264 e. The van der Waals surface area contributed by atoms with Gasteiger partial charge in [0.15, 0.2) is 0 Å². The first-order valence-electron chi connectivity index (χ1n) is 8.87. The van der Waals surface area contributed by atoms with Gasteiger partial charge in [-0.3, -0.25) is 0 Å². The molecular formula is C21H21N3OS. The zero-order valence-electron chi connectivity index (χ0n) is 15.0. The summed E-state index contributed by atoms with van der Waals surface area (Å²) in [5.41, 5.74) is 4.95. The number of benzene rings is 2. The Labute approximate surface area is 158 Å². The average molecular weight is 363 g/mol. The van der Waals surface area contributed by atoms with Gasteiger partial charge in [-0.1, -0.05) is 30.3 Å². The molecule has 1 atom stereocenters. The fraction of sp³-hybridized carbons (Fsp3) is 0.286. The highest BCUT2D eigenvalue weighted by Crippen LogP contribution is 2.28. The number of aryl methyl sites for hydroxylation is 2. The monoisotopic (exact) mass is 363 g/mol. The molecule has 4 nitrogen and oxygen atoms in total. The van der Waals surface area contributed by atoms with Crippen molar-refractivity contribution in [2.45, 2.75) is 26.2 Å². The standard InChI is InChI=1S/C21H21N3OS/c1-14-15(2)23-20-12-18(8-9-19(20)22-14)25-21(26)24-11-10-17(13-24)16-6-4-3-5-7-16/h3-9,12,17H,10-11,13H2,1-2H3/t17-/m1/s1. The molecule has 5 heteroatoms. The van der Waals surface area contributed by atoms with Crippen LogP contribution in [0.4, 0.5) is 0 Å². The van der Waals surface area contributed by atoms with Crippen LogP contribution < -0.4 is 4.74 Å². The van der Waals surface area contributed by atoms with E-state index in [9.17, 15) is 0 Å². The number of thiocarbonyl (C=S) groups is 1. The van der Waals surface area contributed by atoms with Crippen LogP contribution >= 0.6 is 12.2 Å². The highest BCUT2D eigenvalue weighted by molar-refractivity contribution is 7.80. The van der Waals surface area contributed by atoms with Crippen LogP contribution in [0.15, 0.2) is 48.5 Å². The summed E-state index contributed by atoms with van der Waals surface area (Å²) in [6, 6.07) is 16.3. The van der Waals surface area contributed by atoms with Crippen molar-refractivity contribution in [3.05, 3.63) is 65.5 Å². The molecule has 26 heavy (non-hydrogen) atoms.